The lowest BCUT2D eigenvalue weighted by atomic mass is 10.1. The van der Waals surface area contributed by atoms with Gasteiger partial charge in [0.2, 0.25) is 0 Å². The zero-order valence-electron chi connectivity index (χ0n) is 9.55. The second kappa shape index (κ2) is 5.48. The minimum atomic E-state index is -2.91. The van der Waals surface area contributed by atoms with Gasteiger partial charge in [-0.25, -0.2) is 8.42 Å². The number of aromatic nitrogens is 1. The maximum Gasteiger partial charge on any atom is 0.154 e. The van der Waals surface area contributed by atoms with E-state index in [2.05, 4.69) is 20.9 Å². The quantitative estimate of drug-likeness (QED) is 0.804. The van der Waals surface area contributed by atoms with Crippen LogP contribution in [0.1, 0.15) is 24.8 Å². The average molecular weight is 318 g/mol. The summed E-state index contributed by atoms with van der Waals surface area (Å²) in [5.41, 5.74) is 1.13. The highest BCUT2D eigenvalue weighted by Crippen LogP contribution is 2.28. The lowest BCUT2D eigenvalue weighted by Gasteiger charge is -2.26. The van der Waals surface area contributed by atoms with Gasteiger partial charge in [-0.15, -0.1) is 0 Å². The summed E-state index contributed by atoms with van der Waals surface area (Å²) in [6.45, 7) is 0. The zero-order valence-corrected chi connectivity index (χ0v) is 12.0. The normalized spacial score (nSPS) is 25.4. The lowest BCUT2D eigenvalue weighted by molar-refractivity contribution is 0.533. The highest BCUT2D eigenvalue weighted by Gasteiger charge is 2.34. The first-order valence-electron chi connectivity index (χ1n) is 5.84. The van der Waals surface area contributed by atoms with Crippen LogP contribution in [0.4, 0.5) is 0 Å². The van der Waals surface area contributed by atoms with Gasteiger partial charge in [-0.2, -0.15) is 0 Å². The molecule has 2 atom stereocenters. The van der Waals surface area contributed by atoms with Gasteiger partial charge in [0.25, 0.3) is 0 Å². The van der Waals surface area contributed by atoms with Crippen molar-refractivity contribution in [1.29, 1.82) is 0 Å². The predicted octanol–water partition coefficient (Wildman–Crippen LogP) is 2.35. The van der Waals surface area contributed by atoms with Gasteiger partial charge in [-0.1, -0.05) is 22.4 Å². The third-order valence-electron chi connectivity index (χ3n) is 3.21. The molecule has 1 aliphatic heterocycles. The molecule has 1 aromatic heterocycles. The Morgan fingerprint density at radius 2 is 2.06 bits per heavy atom. The molecule has 0 aliphatic carbocycles. The first kappa shape index (κ1) is 13.0. The van der Waals surface area contributed by atoms with E-state index in [1.54, 1.807) is 12.4 Å². The topological polar surface area (TPSA) is 47.0 Å². The van der Waals surface area contributed by atoms with E-state index >= 15 is 0 Å². The van der Waals surface area contributed by atoms with Crippen molar-refractivity contribution < 1.29 is 8.42 Å². The molecule has 0 saturated carbocycles. The second-order valence-corrected chi connectivity index (χ2v) is 7.99. The summed E-state index contributed by atoms with van der Waals surface area (Å²) < 4.78 is 23.9. The van der Waals surface area contributed by atoms with Crippen LogP contribution in [0.3, 0.4) is 0 Å². The second-order valence-electron chi connectivity index (χ2n) is 4.48. The molecule has 0 amide bonds. The van der Waals surface area contributed by atoms with Gasteiger partial charge in [-0.05, 0) is 37.0 Å². The van der Waals surface area contributed by atoms with E-state index < -0.39 is 9.84 Å². The van der Waals surface area contributed by atoms with E-state index in [4.69, 9.17) is 0 Å². The minimum Gasteiger partial charge on any atom is -0.265 e. The van der Waals surface area contributed by atoms with Crippen LogP contribution in [0.15, 0.2) is 24.5 Å². The largest absolute Gasteiger partial charge is 0.265 e. The number of rotatable bonds is 3. The Morgan fingerprint density at radius 1 is 1.35 bits per heavy atom. The van der Waals surface area contributed by atoms with E-state index in [1.165, 1.54) is 0 Å². The summed E-state index contributed by atoms with van der Waals surface area (Å²) in [4.78, 5) is 3.97. The highest BCUT2D eigenvalue weighted by molar-refractivity contribution is 9.09. The fraction of sp³-hybridized carbons (Fsp3) is 0.583. The van der Waals surface area contributed by atoms with Gasteiger partial charge < -0.3 is 0 Å². The molecule has 0 N–H and O–H groups in total. The van der Waals surface area contributed by atoms with Crippen LogP contribution in [0.25, 0.3) is 0 Å². The smallest absolute Gasteiger partial charge is 0.154 e. The van der Waals surface area contributed by atoms with Gasteiger partial charge in [-0.3, -0.25) is 4.98 Å². The Morgan fingerprint density at radius 3 is 2.71 bits per heavy atom. The van der Waals surface area contributed by atoms with Gasteiger partial charge in [0, 0.05) is 17.2 Å². The summed E-state index contributed by atoms with van der Waals surface area (Å²) in [5.74, 6) is 0.343. The predicted molar refractivity (Wildman–Crippen MR) is 72.1 cm³/mol. The third kappa shape index (κ3) is 3.28. The first-order chi connectivity index (χ1) is 8.09. The number of alkyl halides is 1. The van der Waals surface area contributed by atoms with Crippen molar-refractivity contribution in [1.82, 2.24) is 4.98 Å². The molecule has 1 fully saturated rings. The van der Waals surface area contributed by atoms with Gasteiger partial charge in [0.1, 0.15) is 0 Å². The van der Waals surface area contributed by atoms with Crippen LogP contribution < -0.4 is 0 Å². The van der Waals surface area contributed by atoms with Crippen LogP contribution in [0.2, 0.25) is 0 Å². The van der Waals surface area contributed by atoms with Crippen LogP contribution in [0, 0.1) is 0 Å². The monoisotopic (exact) mass is 317 g/mol. The molecule has 1 aromatic rings. The zero-order chi connectivity index (χ0) is 12.3. The van der Waals surface area contributed by atoms with Gasteiger partial charge >= 0.3 is 0 Å². The van der Waals surface area contributed by atoms with Crippen molar-refractivity contribution in [2.45, 2.75) is 35.8 Å². The SMILES string of the molecule is O=S1(=O)CCCCC1C(Br)Cc1ccncc1. The number of pyridine rings is 1. The van der Waals surface area contributed by atoms with Crippen molar-refractivity contribution in [3.05, 3.63) is 30.1 Å². The fourth-order valence-corrected chi connectivity index (χ4v) is 5.87. The number of nitrogens with zero attached hydrogens (tertiary/aromatic N) is 1. The summed E-state index contributed by atoms with van der Waals surface area (Å²) in [7, 11) is -2.91. The molecule has 0 radical (unpaired) electrons. The van der Waals surface area contributed by atoms with Crippen molar-refractivity contribution in [3.63, 3.8) is 0 Å². The molecule has 3 nitrogen and oxygen atoms in total. The number of hydrogen-bond donors (Lipinski definition) is 0. The maximum absolute atomic E-state index is 12.0. The summed E-state index contributed by atoms with van der Waals surface area (Å²) in [6.07, 6.45) is 6.83. The van der Waals surface area contributed by atoms with Crippen LogP contribution >= 0.6 is 15.9 Å². The maximum atomic E-state index is 12.0. The van der Waals surface area contributed by atoms with Crippen LogP contribution in [-0.4, -0.2) is 29.2 Å². The van der Waals surface area contributed by atoms with Crippen LogP contribution in [-0.2, 0) is 16.3 Å². The molecule has 1 aliphatic rings. The average Bonchev–Trinajstić information content (AvgIpc) is 2.29. The van der Waals surface area contributed by atoms with Crippen LogP contribution in [0.5, 0.6) is 0 Å². The molecular formula is C12H16BrNO2S. The Bertz CT molecular complexity index is 461. The molecule has 0 bridgehead atoms. The number of halogens is 1. The molecule has 0 spiro atoms. The van der Waals surface area contributed by atoms with Crippen molar-refractivity contribution in [2.24, 2.45) is 0 Å². The minimum absolute atomic E-state index is 0.00944. The molecule has 2 rings (SSSR count). The standard InChI is InChI=1S/C12H16BrNO2S/c13-11(9-10-4-6-14-7-5-10)12-3-1-2-8-17(12,15)16/h4-7,11-12H,1-3,8-9H2. The Hall–Kier alpha value is -0.420. The Labute approximate surface area is 111 Å². The highest BCUT2D eigenvalue weighted by atomic mass is 79.9. The van der Waals surface area contributed by atoms with Crippen molar-refractivity contribution in [2.75, 3.05) is 5.75 Å². The van der Waals surface area contributed by atoms with E-state index in [0.29, 0.717) is 5.75 Å². The van der Waals surface area contributed by atoms with E-state index in [1.807, 2.05) is 12.1 Å². The summed E-state index contributed by atoms with van der Waals surface area (Å²) in [6, 6.07) is 3.87. The van der Waals surface area contributed by atoms with Gasteiger partial charge in [0.05, 0.1) is 11.0 Å². The first-order valence-corrected chi connectivity index (χ1v) is 8.47. The summed E-state index contributed by atoms with van der Waals surface area (Å²) >= 11 is 3.55. The molecule has 94 valence electrons. The number of sulfone groups is 1. The lowest BCUT2D eigenvalue weighted by Crippen LogP contribution is -2.36. The Kier molecular flexibility index (Phi) is 4.20. The molecule has 2 heterocycles. The van der Waals surface area contributed by atoms with E-state index in [9.17, 15) is 8.42 Å². The van der Waals surface area contributed by atoms with E-state index in [-0.39, 0.29) is 10.1 Å². The third-order valence-corrected chi connectivity index (χ3v) is 6.87. The van der Waals surface area contributed by atoms with Crippen molar-refractivity contribution >= 4 is 25.8 Å². The fourth-order valence-electron chi connectivity index (χ4n) is 2.26. The molecule has 17 heavy (non-hydrogen) atoms. The molecule has 1 saturated heterocycles. The molecule has 2 unspecified atom stereocenters. The molecule has 5 heteroatoms. The Balaban J connectivity index is 2.07. The van der Waals surface area contributed by atoms with E-state index in [0.717, 1.165) is 31.2 Å². The molecular weight excluding hydrogens is 302 g/mol. The molecule has 0 aromatic carbocycles. The van der Waals surface area contributed by atoms with Crippen molar-refractivity contribution in [3.8, 4) is 0 Å². The van der Waals surface area contributed by atoms with Gasteiger partial charge in [0.15, 0.2) is 9.84 Å². The number of hydrogen-bond acceptors (Lipinski definition) is 3. The summed E-state index contributed by atoms with van der Waals surface area (Å²) in [5, 5.41) is -0.232.